The molecule has 11 heteroatoms. The average molecular weight is 547 g/mol. The molecule has 4 aromatic rings. The Morgan fingerprint density at radius 3 is 2.45 bits per heavy atom. The molecule has 0 aliphatic carbocycles. The SMILES string of the molecule is COc1ccc(CCNC(=O)CCCn2c(=O)c3ccccc3n(Cc3cccc([N+](=O)[O-])c3)c2=O)cc1OC. The van der Waals surface area contributed by atoms with Crippen molar-refractivity contribution in [1.29, 1.82) is 0 Å². The summed E-state index contributed by atoms with van der Waals surface area (Å²) in [6.45, 7) is 0.527. The lowest BCUT2D eigenvalue weighted by molar-refractivity contribution is -0.384. The Bertz CT molecular complexity index is 1660. The smallest absolute Gasteiger partial charge is 0.331 e. The van der Waals surface area contributed by atoms with E-state index >= 15 is 0 Å². The maximum atomic E-state index is 13.4. The molecule has 1 heterocycles. The number of rotatable bonds is 12. The number of carbonyl (C=O) groups excluding carboxylic acids is 1. The van der Waals surface area contributed by atoms with Crippen molar-refractivity contribution in [2.24, 2.45) is 0 Å². The summed E-state index contributed by atoms with van der Waals surface area (Å²) in [7, 11) is 3.13. The van der Waals surface area contributed by atoms with Gasteiger partial charge >= 0.3 is 5.69 Å². The third-order valence-corrected chi connectivity index (χ3v) is 6.56. The first-order valence-electron chi connectivity index (χ1n) is 12.8. The lowest BCUT2D eigenvalue weighted by atomic mass is 10.1. The van der Waals surface area contributed by atoms with E-state index in [0.29, 0.717) is 40.9 Å². The number of ether oxygens (including phenoxy) is 2. The number of para-hydroxylation sites is 1. The Morgan fingerprint density at radius 1 is 0.925 bits per heavy atom. The molecule has 1 aromatic heterocycles. The summed E-state index contributed by atoms with van der Waals surface area (Å²) in [6.07, 6.45) is 1.01. The van der Waals surface area contributed by atoms with Crippen molar-refractivity contribution in [1.82, 2.24) is 14.5 Å². The summed E-state index contributed by atoms with van der Waals surface area (Å²) in [4.78, 5) is 49.7. The van der Waals surface area contributed by atoms with Crippen LogP contribution in [0.4, 0.5) is 5.69 Å². The topological polar surface area (TPSA) is 135 Å². The fourth-order valence-electron chi connectivity index (χ4n) is 4.54. The number of nitro groups is 1. The van der Waals surface area contributed by atoms with Gasteiger partial charge in [0.15, 0.2) is 11.5 Å². The number of fused-ring (bicyclic) bond motifs is 1. The van der Waals surface area contributed by atoms with Gasteiger partial charge in [-0.25, -0.2) is 4.79 Å². The molecule has 0 aliphatic rings. The molecule has 4 rings (SSSR count). The third-order valence-electron chi connectivity index (χ3n) is 6.56. The zero-order valence-corrected chi connectivity index (χ0v) is 22.3. The van der Waals surface area contributed by atoms with Crippen molar-refractivity contribution in [3.05, 3.63) is 109 Å². The highest BCUT2D eigenvalue weighted by molar-refractivity contribution is 5.78. The lowest BCUT2D eigenvalue weighted by Gasteiger charge is -2.14. The first-order valence-corrected chi connectivity index (χ1v) is 12.8. The Morgan fingerprint density at radius 2 is 1.70 bits per heavy atom. The van der Waals surface area contributed by atoms with E-state index in [9.17, 15) is 24.5 Å². The number of carbonyl (C=O) groups is 1. The molecule has 0 radical (unpaired) electrons. The Balaban J connectivity index is 1.43. The number of nitro benzene ring substituents is 1. The molecular formula is C29H30N4O7. The molecule has 40 heavy (non-hydrogen) atoms. The van der Waals surface area contributed by atoms with Crippen LogP contribution in [0.3, 0.4) is 0 Å². The molecule has 0 saturated heterocycles. The summed E-state index contributed by atoms with van der Waals surface area (Å²) < 4.78 is 13.1. The van der Waals surface area contributed by atoms with E-state index in [1.165, 1.54) is 16.7 Å². The number of amides is 1. The maximum Gasteiger partial charge on any atom is 0.331 e. The van der Waals surface area contributed by atoms with Crippen LogP contribution in [0, 0.1) is 10.1 Å². The highest BCUT2D eigenvalue weighted by Gasteiger charge is 2.15. The number of non-ortho nitro benzene ring substituents is 1. The first-order chi connectivity index (χ1) is 19.3. The monoisotopic (exact) mass is 546 g/mol. The van der Waals surface area contributed by atoms with E-state index < -0.39 is 16.2 Å². The number of hydrogen-bond acceptors (Lipinski definition) is 7. The summed E-state index contributed by atoms with van der Waals surface area (Å²) in [5.74, 6) is 1.05. The minimum Gasteiger partial charge on any atom is -0.493 e. The fraction of sp³-hybridized carbons (Fsp3) is 0.276. The molecule has 11 nitrogen and oxygen atoms in total. The van der Waals surface area contributed by atoms with E-state index in [-0.39, 0.29) is 37.5 Å². The molecule has 0 aliphatic heterocycles. The van der Waals surface area contributed by atoms with Gasteiger partial charge in [0, 0.05) is 31.6 Å². The second-order valence-corrected chi connectivity index (χ2v) is 9.16. The predicted molar refractivity (Wildman–Crippen MR) is 150 cm³/mol. The highest BCUT2D eigenvalue weighted by atomic mass is 16.6. The quantitative estimate of drug-likeness (QED) is 0.213. The van der Waals surface area contributed by atoms with Gasteiger partial charge in [0.2, 0.25) is 5.91 Å². The Kier molecular flexibility index (Phi) is 8.95. The zero-order valence-electron chi connectivity index (χ0n) is 22.3. The zero-order chi connectivity index (χ0) is 28.6. The van der Waals surface area contributed by atoms with Crippen LogP contribution in [0.5, 0.6) is 11.5 Å². The number of methoxy groups -OCH3 is 2. The van der Waals surface area contributed by atoms with Crippen LogP contribution in [0.2, 0.25) is 0 Å². The van der Waals surface area contributed by atoms with Crippen LogP contribution in [0.1, 0.15) is 24.0 Å². The molecule has 1 N–H and O–H groups in total. The predicted octanol–water partition coefficient (Wildman–Crippen LogP) is 3.28. The van der Waals surface area contributed by atoms with Gasteiger partial charge in [-0.05, 0) is 48.2 Å². The minimum atomic E-state index is -0.538. The van der Waals surface area contributed by atoms with Crippen LogP contribution >= 0.6 is 0 Å². The second kappa shape index (κ2) is 12.7. The first kappa shape index (κ1) is 28.1. The van der Waals surface area contributed by atoms with Crippen LogP contribution in [-0.4, -0.2) is 40.7 Å². The summed E-state index contributed by atoms with van der Waals surface area (Å²) in [5, 5.41) is 14.4. The summed E-state index contributed by atoms with van der Waals surface area (Å²) in [5.41, 5.74) is 0.910. The second-order valence-electron chi connectivity index (χ2n) is 9.16. The van der Waals surface area contributed by atoms with Gasteiger partial charge < -0.3 is 14.8 Å². The maximum absolute atomic E-state index is 13.4. The fourth-order valence-corrected chi connectivity index (χ4v) is 4.54. The number of benzene rings is 3. The van der Waals surface area contributed by atoms with Gasteiger partial charge in [-0.3, -0.25) is 28.8 Å². The molecule has 0 bridgehead atoms. The number of hydrogen-bond donors (Lipinski definition) is 1. The average Bonchev–Trinajstić information content (AvgIpc) is 2.97. The lowest BCUT2D eigenvalue weighted by Crippen LogP contribution is -2.40. The van der Waals surface area contributed by atoms with Crippen LogP contribution in [0.15, 0.2) is 76.3 Å². The third kappa shape index (κ3) is 6.37. The van der Waals surface area contributed by atoms with E-state index in [1.54, 1.807) is 50.6 Å². The van der Waals surface area contributed by atoms with Gasteiger partial charge in [-0.2, -0.15) is 0 Å². The van der Waals surface area contributed by atoms with Crippen LogP contribution in [0.25, 0.3) is 10.9 Å². The number of nitrogens with zero attached hydrogens (tertiary/aromatic N) is 3. The van der Waals surface area contributed by atoms with Crippen molar-refractivity contribution in [3.63, 3.8) is 0 Å². The van der Waals surface area contributed by atoms with Crippen molar-refractivity contribution >= 4 is 22.5 Å². The van der Waals surface area contributed by atoms with Crippen molar-refractivity contribution in [2.45, 2.75) is 32.4 Å². The van der Waals surface area contributed by atoms with E-state index in [1.807, 2.05) is 18.2 Å². The van der Waals surface area contributed by atoms with E-state index in [0.717, 1.165) is 10.1 Å². The Labute approximate surface area is 229 Å². The number of aromatic nitrogens is 2. The highest BCUT2D eigenvalue weighted by Crippen LogP contribution is 2.27. The van der Waals surface area contributed by atoms with Crippen molar-refractivity contribution in [2.75, 3.05) is 20.8 Å². The van der Waals surface area contributed by atoms with Gasteiger partial charge in [0.1, 0.15) is 0 Å². The van der Waals surface area contributed by atoms with E-state index in [4.69, 9.17) is 9.47 Å². The van der Waals surface area contributed by atoms with Gasteiger partial charge in [-0.15, -0.1) is 0 Å². The molecule has 0 atom stereocenters. The molecule has 0 saturated carbocycles. The van der Waals surface area contributed by atoms with E-state index in [2.05, 4.69) is 5.32 Å². The Hall–Kier alpha value is -4.93. The molecular weight excluding hydrogens is 516 g/mol. The largest absolute Gasteiger partial charge is 0.493 e. The summed E-state index contributed by atoms with van der Waals surface area (Å²) >= 11 is 0. The summed E-state index contributed by atoms with van der Waals surface area (Å²) in [6, 6.07) is 18.3. The molecule has 0 spiro atoms. The van der Waals surface area contributed by atoms with Gasteiger partial charge in [-0.1, -0.05) is 30.3 Å². The minimum absolute atomic E-state index is 0.0535. The van der Waals surface area contributed by atoms with Crippen molar-refractivity contribution in [3.8, 4) is 11.5 Å². The van der Waals surface area contributed by atoms with Gasteiger partial charge in [0.25, 0.3) is 11.2 Å². The van der Waals surface area contributed by atoms with Crippen molar-refractivity contribution < 1.29 is 19.2 Å². The standard InChI is InChI=1S/C29H30N4O7/c1-39-25-13-12-20(18-26(25)40-2)14-15-30-27(34)11-6-16-31-28(35)23-9-3-4-10-24(23)32(29(31)36)19-21-7-5-8-22(17-21)33(37)38/h3-5,7-10,12-13,17-18H,6,11,14-16,19H2,1-2H3,(H,30,34). The molecule has 3 aromatic carbocycles. The van der Waals surface area contributed by atoms with Gasteiger partial charge in [0.05, 0.1) is 36.6 Å². The molecule has 208 valence electrons. The number of nitrogens with one attached hydrogen (secondary N) is 1. The molecule has 1 amide bonds. The molecule has 0 fully saturated rings. The van der Waals surface area contributed by atoms with Crippen LogP contribution in [-0.2, 0) is 24.3 Å². The normalized spacial score (nSPS) is 10.8. The molecule has 0 unspecified atom stereocenters. The van der Waals surface area contributed by atoms with Crippen LogP contribution < -0.4 is 26.0 Å².